The van der Waals surface area contributed by atoms with Crippen LogP contribution in [-0.4, -0.2) is 38.8 Å². The van der Waals surface area contributed by atoms with E-state index < -0.39 is 15.9 Å². The second-order valence-corrected chi connectivity index (χ2v) is 8.11. The second kappa shape index (κ2) is 9.73. The molecule has 0 aliphatic carbocycles. The number of amides is 1. The number of anilines is 1. The number of methoxy groups -OCH3 is 1. The molecule has 0 aromatic heterocycles. The van der Waals surface area contributed by atoms with Gasteiger partial charge in [-0.05, 0) is 30.3 Å². The molecule has 1 amide bonds. The first-order valence-corrected chi connectivity index (χ1v) is 10.6. The molecule has 0 saturated carbocycles. The van der Waals surface area contributed by atoms with Gasteiger partial charge in [0.2, 0.25) is 15.9 Å². The Morgan fingerprint density at radius 1 is 1.18 bits per heavy atom. The van der Waals surface area contributed by atoms with Crippen molar-refractivity contribution in [2.45, 2.75) is 18.7 Å². The summed E-state index contributed by atoms with van der Waals surface area (Å²) in [4.78, 5) is 12.2. The zero-order valence-electron chi connectivity index (χ0n) is 16.0. The Balaban J connectivity index is 2.23. The number of rotatable bonds is 8. The first kappa shape index (κ1) is 21.9. The summed E-state index contributed by atoms with van der Waals surface area (Å²) in [5.74, 6) is 0.241. The van der Waals surface area contributed by atoms with Gasteiger partial charge in [0.1, 0.15) is 10.6 Å². The summed E-state index contributed by atoms with van der Waals surface area (Å²) in [7, 11) is -2.19. The van der Waals surface area contributed by atoms with Gasteiger partial charge in [0.05, 0.1) is 12.1 Å². The number of carbonyl (C=O) groups is 1. The maximum Gasteiger partial charge on any atom is 0.248 e. The average molecular weight is 423 g/mol. The quantitative estimate of drug-likeness (QED) is 0.651. The number of carbonyl (C=O) groups excluding carboxylic acids is 1. The van der Waals surface area contributed by atoms with Crippen LogP contribution in [-0.2, 0) is 14.8 Å². The number of sulfonamides is 1. The molecular weight excluding hydrogens is 400 g/mol. The Labute approximate surface area is 170 Å². The fourth-order valence-corrected chi connectivity index (χ4v) is 4.59. The highest BCUT2D eigenvalue weighted by molar-refractivity contribution is 7.89. The Kier molecular flexibility index (Phi) is 7.62. The standard InChI is InChI=1S/C20H23ClN2O4S/c1-4-23(5-2)28(25,26)19-14-16(11-12-17(19)21)22-20(24)13-10-15-8-6-7-9-18(15)27-3/h6-14H,4-5H2,1-3H3,(H,22,24)/b13-10+. The lowest BCUT2D eigenvalue weighted by Crippen LogP contribution is -2.30. The first-order chi connectivity index (χ1) is 13.3. The number of nitrogens with zero attached hydrogens (tertiary/aromatic N) is 1. The van der Waals surface area contributed by atoms with E-state index in [1.807, 2.05) is 18.2 Å². The average Bonchev–Trinajstić information content (AvgIpc) is 2.68. The topological polar surface area (TPSA) is 75.7 Å². The van der Waals surface area contributed by atoms with Crippen molar-refractivity contribution in [1.82, 2.24) is 4.31 Å². The molecule has 2 rings (SSSR count). The van der Waals surface area contributed by atoms with Crippen LogP contribution in [0.1, 0.15) is 19.4 Å². The third kappa shape index (κ3) is 5.13. The van der Waals surface area contributed by atoms with E-state index in [4.69, 9.17) is 16.3 Å². The molecule has 2 aromatic rings. The summed E-state index contributed by atoms with van der Waals surface area (Å²) in [6, 6.07) is 11.7. The monoisotopic (exact) mass is 422 g/mol. The van der Waals surface area contributed by atoms with Gasteiger partial charge in [0.25, 0.3) is 0 Å². The fraction of sp³-hybridized carbons (Fsp3) is 0.250. The minimum Gasteiger partial charge on any atom is -0.496 e. The number of hydrogen-bond donors (Lipinski definition) is 1. The number of halogens is 1. The molecule has 0 saturated heterocycles. The Morgan fingerprint density at radius 3 is 2.50 bits per heavy atom. The predicted molar refractivity (Wildman–Crippen MR) is 112 cm³/mol. The van der Waals surface area contributed by atoms with Gasteiger partial charge in [-0.2, -0.15) is 4.31 Å². The highest BCUT2D eigenvalue weighted by Crippen LogP contribution is 2.28. The molecule has 150 valence electrons. The van der Waals surface area contributed by atoms with Crippen LogP contribution in [0.3, 0.4) is 0 Å². The molecule has 6 nitrogen and oxygen atoms in total. The molecule has 0 spiro atoms. The molecule has 0 unspecified atom stereocenters. The second-order valence-electron chi connectivity index (χ2n) is 5.80. The van der Waals surface area contributed by atoms with Gasteiger partial charge >= 0.3 is 0 Å². The van der Waals surface area contributed by atoms with Gasteiger partial charge in [0.15, 0.2) is 0 Å². The minimum atomic E-state index is -3.74. The molecule has 0 heterocycles. The molecular formula is C20H23ClN2O4S. The number of nitrogens with one attached hydrogen (secondary N) is 1. The Bertz CT molecular complexity index is 970. The molecule has 0 atom stereocenters. The first-order valence-electron chi connectivity index (χ1n) is 8.75. The van der Waals surface area contributed by atoms with Crippen LogP contribution in [0.15, 0.2) is 53.4 Å². The summed E-state index contributed by atoms with van der Waals surface area (Å²) < 4.78 is 32.0. The van der Waals surface area contributed by atoms with E-state index in [0.717, 1.165) is 5.56 Å². The highest BCUT2D eigenvalue weighted by atomic mass is 35.5. The summed E-state index contributed by atoms with van der Waals surface area (Å²) in [6.45, 7) is 4.16. The van der Waals surface area contributed by atoms with Crippen molar-refractivity contribution in [2.75, 3.05) is 25.5 Å². The van der Waals surface area contributed by atoms with Crippen LogP contribution in [0.25, 0.3) is 6.08 Å². The van der Waals surface area contributed by atoms with Crippen LogP contribution in [0, 0.1) is 0 Å². The maximum absolute atomic E-state index is 12.7. The number of para-hydroxylation sites is 1. The van der Waals surface area contributed by atoms with E-state index in [9.17, 15) is 13.2 Å². The van der Waals surface area contributed by atoms with Crippen molar-refractivity contribution in [2.24, 2.45) is 0 Å². The van der Waals surface area contributed by atoms with Gasteiger partial charge in [-0.3, -0.25) is 4.79 Å². The van der Waals surface area contributed by atoms with Crippen molar-refractivity contribution in [3.63, 3.8) is 0 Å². The van der Waals surface area contributed by atoms with Crippen LogP contribution >= 0.6 is 11.6 Å². The van der Waals surface area contributed by atoms with Crippen molar-refractivity contribution in [1.29, 1.82) is 0 Å². The van der Waals surface area contributed by atoms with Crippen LogP contribution in [0.5, 0.6) is 5.75 Å². The number of benzene rings is 2. The zero-order chi connectivity index (χ0) is 20.7. The van der Waals surface area contributed by atoms with Crippen LogP contribution in [0.2, 0.25) is 5.02 Å². The smallest absolute Gasteiger partial charge is 0.248 e. The van der Waals surface area contributed by atoms with E-state index >= 15 is 0 Å². The van der Waals surface area contributed by atoms with Crippen molar-refractivity contribution in [3.8, 4) is 5.75 Å². The van der Waals surface area contributed by atoms with Gasteiger partial charge in [-0.25, -0.2) is 8.42 Å². The van der Waals surface area contributed by atoms with Crippen LogP contribution in [0.4, 0.5) is 5.69 Å². The molecule has 1 N–H and O–H groups in total. The van der Waals surface area contributed by atoms with E-state index in [1.54, 1.807) is 39.2 Å². The van der Waals surface area contributed by atoms with E-state index in [2.05, 4.69) is 5.32 Å². The normalized spacial score (nSPS) is 11.8. The van der Waals surface area contributed by atoms with Gasteiger partial charge in [0, 0.05) is 30.4 Å². The maximum atomic E-state index is 12.7. The molecule has 0 bridgehead atoms. The van der Waals surface area contributed by atoms with E-state index in [-0.39, 0.29) is 9.92 Å². The van der Waals surface area contributed by atoms with Crippen molar-refractivity contribution in [3.05, 3.63) is 59.1 Å². The fourth-order valence-electron chi connectivity index (χ4n) is 2.63. The predicted octanol–water partition coefficient (Wildman–Crippen LogP) is 4.03. The minimum absolute atomic E-state index is 0.0376. The summed E-state index contributed by atoms with van der Waals surface area (Å²) in [5, 5.41) is 2.76. The SMILES string of the molecule is CCN(CC)S(=O)(=O)c1cc(NC(=O)/C=C/c2ccccc2OC)ccc1Cl. The summed E-state index contributed by atoms with van der Waals surface area (Å²) in [5.41, 5.74) is 1.09. The third-order valence-corrected chi connectivity index (χ3v) is 6.61. The molecule has 0 aliphatic heterocycles. The van der Waals surface area contributed by atoms with Crippen molar-refractivity contribution >= 4 is 39.3 Å². The largest absolute Gasteiger partial charge is 0.496 e. The molecule has 8 heteroatoms. The van der Waals surface area contributed by atoms with E-state index in [1.165, 1.54) is 22.5 Å². The lowest BCUT2D eigenvalue weighted by Gasteiger charge is -2.19. The molecule has 0 radical (unpaired) electrons. The molecule has 28 heavy (non-hydrogen) atoms. The Hall–Kier alpha value is -2.35. The lowest BCUT2D eigenvalue weighted by molar-refractivity contribution is -0.111. The number of ether oxygens (including phenoxy) is 1. The van der Waals surface area contributed by atoms with Gasteiger partial charge in [-0.1, -0.05) is 43.6 Å². The number of hydrogen-bond acceptors (Lipinski definition) is 4. The zero-order valence-corrected chi connectivity index (χ0v) is 17.5. The summed E-state index contributed by atoms with van der Waals surface area (Å²) >= 11 is 6.10. The molecule has 0 aliphatic rings. The van der Waals surface area contributed by atoms with Gasteiger partial charge in [-0.15, -0.1) is 0 Å². The van der Waals surface area contributed by atoms with Gasteiger partial charge < -0.3 is 10.1 Å². The van der Waals surface area contributed by atoms with E-state index in [0.29, 0.717) is 24.5 Å². The molecule has 0 fully saturated rings. The Morgan fingerprint density at radius 2 is 1.86 bits per heavy atom. The highest BCUT2D eigenvalue weighted by Gasteiger charge is 2.24. The lowest BCUT2D eigenvalue weighted by atomic mass is 10.2. The summed E-state index contributed by atoms with van der Waals surface area (Å²) in [6.07, 6.45) is 2.97. The third-order valence-electron chi connectivity index (χ3n) is 4.08. The molecule has 2 aromatic carbocycles. The van der Waals surface area contributed by atoms with Crippen LogP contribution < -0.4 is 10.1 Å². The van der Waals surface area contributed by atoms with Crippen molar-refractivity contribution < 1.29 is 17.9 Å².